The van der Waals surface area contributed by atoms with E-state index in [1.54, 1.807) is 0 Å². The van der Waals surface area contributed by atoms with Crippen LogP contribution < -0.4 is 0 Å². The van der Waals surface area contributed by atoms with Crippen LogP contribution in [-0.4, -0.2) is 29.8 Å². The molecule has 13 heavy (non-hydrogen) atoms. The van der Waals surface area contributed by atoms with E-state index in [4.69, 9.17) is 0 Å². The molecule has 0 N–H and O–H groups in total. The van der Waals surface area contributed by atoms with E-state index in [-0.39, 0.29) is 0 Å². The van der Waals surface area contributed by atoms with Gasteiger partial charge in [-0.2, -0.15) is 0 Å². The van der Waals surface area contributed by atoms with E-state index in [9.17, 15) is 4.79 Å². The predicted molar refractivity (Wildman–Crippen MR) is 52.6 cm³/mol. The second kappa shape index (κ2) is 3.41. The van der Waals surface area contributed by atoms with Gasteiger partial charge in [-0.3, -0.25) is 9.69 Å². The quantitative estimate of drug-likeness (QED) is 0.648. The zero-order valence-corrected chi connectivity index (χ0v) is 8.62. The molecule has 2 fully saturated rings. The van der Waals surface area contributed by atoms with E-state index in [0.29, 0.717) is 23.8 Å². The standard InChI is InChI=1S/C11H19NO/c1-3-4-9-10-6-5-8(12(10)2)7-11(9)13/h8-10H,3-7H2,1-2H3. The minimum absolute atomic E-state index is 0.355. The molecule has 2 aliphatic heterocycles. The van der Waals surface area contributed by atoms with E-state index < -0.39 is 0 Å². The Morgan fingerprint density at radius 2 is 2.23 bits per heavy atom. The van der Waals surface area contributed by atoms with Crippen molar-refractivity contribution in [2.24, 2.45) is 5.92 Å². The summed E-state index contributed by atoms with van der Waals surface area (Å²) in [6, 6.07) is 1.15. The topological polar surface area (TPSA) is 20.3 Å². The van der Waals surface area contributed by atoms with Crippen molar-refractivity contribution in [1.29, 1.82) is 0 Å². The van der Waals surface area contributed by atoms with Crippen molar-refractivity contribution >= 4 is 5.78 Å². The first-order chi connectivity index (χ1) is 6.24. The van der Waals surface area contributed by atoms with Crippen molar-refractivity contribution in [3.8, 4) is 0 Å². The lowest BCUT2D eigenvalue weighted by Gasteiger charge is -2.36. The SMILES string of the molecule is CCCC1C(=O)CC2CCC1N2C. The predicted octanol–water partition coefficient (Wildman–Crippen LogP) is 1.84. The lowest BCUT2D eigenvalue weighted by molar-refractivity contribution is -0.129. The van der Waals surface area contributed by atoms with Gasteiger partial charge in [-0.05, 0) is 26.3 Å². The van der Waals surface area contributed by atoms with E-state index >= 15 is 0 Å². The Morgan fingerprint density at radius 1 is 1.46 bits per heavy atom. The molecule has 2 saturated heterocycles. The fraction of sp³-hybridized carbons (Fsp3) is 0.909. The molecule has 0 aliphatic carbocycles. The monoisotopic (exact) mass is 181 g/mol. The third-order valence-corrected chi connectivity index (χ3v) is 3.81. The summed E-state index contributed by atoms with van der Waals surface area (Å²) in [5.41, 5.74) is 0. The number of carbonyl (C=O) groups excluding carboxylic acids is 1. The number of nitrogens with zero attached hydrogens (tertiary/aromatic N) is 1. The third kappa shape index (κ3) is 1.41. The first-order valence-corrected chi connectivity index (χ1v) is 5.48. The zero-order chi connectivity index (χ0) is 9.42. The Bertz CT molecular complexity index is 214. The minimum Gasteiger partial charge on any atom is -0.299 e. The highest BCUT2D eigenvalue weighted by molar-refractivity contribution is 5.83. The summed E-state index contributed by atoms with van der Waals surface area (Å²) >= 11 is 0. The largest absolute Gasteiger partial charge is 0.299 e. The van der Waals surface area contributed by atoms with Crippen molar-refractivity contribution < 1.29 is 4.79 Å². The van der Waals surface area contributed by atoms with E-state index in [0.717, 1.165) is 19.3 Å². The van der Waals surface area contributed by atoms with Crippen LogP contribution in [0.1, 0.15) is 39.0 Å². The molecule has 3 unspecified atom stereocenters. The molecule has 0 spiro atoms. The van der Waals surface area contributed by atoms with Crippen LogP contribution in [0.4, 0.5) is 0 Å². The number of carbonyl (C=O) groups is 1. The molecule has 0 saturated carbocycles. The molecule has 0 aromatic rings. The summed E-state index contributed by atoms with van der Waals surface area (Å²) in [6.45, 7) is 2.17. The van der Waals surface area contributed by atoms with Gasteiger partial charge in [-0.15, -0.1) is 0 Å². The van der Waals surface area contributed by atoms with Gasteiger partial charge in [0.05, 0.1) is 0 Å². The summed E-state index contributed by atoms with van der Waals surface area (Å²) in [7, 11) is 2.19. The van der Waals surface area contributed by atoms with Crippen LogP contribution in [0.15, 0.2) is 0 Å². The molecular weight excluding hydrogens is 162 g/mol. The number of ketones is 1. The number of hydrogen-bond acceptors (Lipinski definition) is 2. The van der Waals surface area contributed by atoms with E-state index in [1.807, 2.05) is 0 Å². The van der Waals surface area contributed by atoms with Gasteiger partial charge in [-0.1, -0.05) is 13.3 Å². The number of rotatable bonds is 2. The second-order valence-corrected chi connectivity index (χ2v) is 4.53. The molecule has 2 bridgehead atoms. The second-order valence-electron chi connectivity index (χ2n) is 4.53. The molecule has 2 nitrogen and oxygen atoms in total. The Morgan fingerprint density at radius 3 is 2.92 bits per heavy atom. The smallest absolute Gasteiger partial charge is 0.139 e. The average molecular weight is 181 g/mol. The fourth-order valence-corrected chi connectivity index (χ4v) is 3.03. The van der Waals surface area contributed by atoms with Gasteiger partial charge in [-0.25, -0.2) is 0 Å². The summed E-state index contributed by atoms with van der Waals surface area (Å²) in [5.74, 6) is 0.890. The van der Waals surface area contributed by atoms with Gasteiger partial charge in [0.2, 0.25) is 0 Å². The van der Waals surface area contributed by atoms with Crippen LogP contribution in [0.2, 0.25) is 0 Å². The third-order valence-electron chi connectivity index (χ3n) is 3.81. The van der Waals surface area contributed by atoms with Gasteiger partial charge in [0.1, 0.15) is 5.78 Å². The van der Waals surface area contributed by atoms with E-state index in [2.05, 4.69) is 18.9 Å². The van der Waals surface area contributed by atoms with Gasteiger partial charge >= 0.3 is 0 Å². The highest BCUT2D eigenvalue weighted by Crippen LogP contribution is 2.37. The maximum absolute atomic E-state index is 11.8. The molecule has 2 heterocycles. The molecule has 74 valence electrons. The first kappa shape index (κ1) is 9.20. The van der Waals surface area contributed by atoms with Gasteiger partial charge in [0.25, 0.3) is 0 Å². The van der Waals surface area contributed by atoms with Gasteiger partial charge in [0.15, 0.2) is 0 Å². The minimum atomic E-state index is 0.355. The lowest BCUT2D eigenvalue weighted by Crippen LogP contribution is -2.46. The molecule has 0 aromatic heterocycles. The molecule has 0 aromatic carbocycles. The molecule has 3 atom stereocenters. The maximum atomic E-state index is 11.8. The van der Waals surface area contributed by atoms with Crippen LogP contribution in [0.3, 0.4) is 0 Å². The van der Waals surface area contributed by atoms with Gasteiger partial charge < -0.3 is 0 Å². The molecule has 0 radical (unpaired) electrons. The molecular formula is C11H19NO. The summed E-state index contributed by atoms with van der Waals surface area (Å²) in [6.07, 6.45) is 5.55. The Labute approximate surface area is 80.3 Å². The molecule has 0 amide bonds. The summed E-state index contributed by atoms with van der Waals surface area (Å²) in [4.78, 5) is 14.2. The highest BCUT2D eigenvalue weighted by Gasteiger charge is 2.43. The zero-order valence-electron chi connectivity index (χ0n) is 8.62. The Balaban J connectivity index is 2.12. The van der Waals surface area contributed by atoms with Crippen molar-refractivity contribution in [3.05, 3.63) is 0 Å². The van der Waals surface area contributed by atoms with E-state index in [1.165, 1.54) is 12.8 Å². The average Bonchev–Trinajstić information content (AvgIpc) is 2.34. The van der Waals surface area contributed by atoms with Crippen LogP contribution in [0, 0.1) is 5.92 Å². The summed E-state index contributed by atoms with van der Waals surface area (Å²) in [5, 5.41) is 0. The Kier molecular flexibility index (Phi) is 2.41. The molecule has 2 aliphatic rings. The van der Waals surface area contributed by atoms with Crippen molar-refractivity contribution in [3.63, 3.8) is 0 Å². The van der Waals surface area contributed by atoms with Crippen LogP contribution in [0.25, 0.3) is 0 Å². The fourth-order valence-electron chi connectivity index (χ4n) is 3.03. The normalized spacial score (nSPS) is 39.8. The number of Topliss-reactive ketones (excluding diaryl/α,β-unsaturated/α-hetero) is 1. The van der Waals surface area contributed by atoms with Crippen molar-refractivity contribution in [1.82, 2.24) is 4.90 Å². The van der Waals surface area contributed by atoms with Crippen molar-refractivity contribution in [2.45, 2.75) is 51.1 Å². The summed E-state index contributed by atoms with van der Waals surface area (Å²) < 4.78 is 0. The van der Waals surface area contributed by atoms with Crippen LogP contribution in [0.5, 0.6) is 0 Å². The number of fused-ring (bicyclic) bond motifs is 2. The van der Waals surface area contributed by atoms with Gasteiger partial charge in [0, 0.05) is 24.4 Å². The lowest BCUT2D eigenvalue weighted by atomic mass is 9.86. The highest BCUT2D eigenvalue weighted by atomic mass is 16.1. The number of hydrogen-bond donors (Lipinski definition) is 0. The van der Waals surface area contributed by atoms with Crippen molar-refractivity contribution in [2.75, 3.05) is 7.05 Å². The molecule has 2 rings (SSSR count). The maximum Gasteiger partial charge on any atom is 0.139 e. The van der Waals surface area contributed by atoms with Crippen LogP contribution >= 0.6 is 0 Å². The molecule has 2 heteroatoms. The van der Waals surface area contributed by atoms with Crippen LogP contribution in [-0.2, 0) is 4.79 Å². The number of piperidine rings is 1. The Hall–Kier alpha value is -0.370. The first-order valence-electron chi connectivity index (χ1n) is 5.48.